The van der Waals surface area contributed by atoms with Crippen LogP contribution in [0.2, 0.25) is 0 Å². The number of fused-ring (bicyclic) bond motifs is 1. The number of carbonyl (C=O) groups is 2. The van der Waals surface area contributed by atoms with E-state index < -0.39 is 23.7 Å². The first-order valence-electron chi connectivity index (χ1n) is 11.6. The number of hydrogen-bond acceptors (Lipinski definition) is 8. The lowest BCUT2D eigenvalue weighted by molar-refractivity contribution is -0.139. The van der Waals surface area contributed by atoms with E-state index >= 15 is 0 Å². The van der Waals surface area contributed by atoms with Crippen molar-refractivity contribution < 1.29 is 28.6 Å². The van der Waals surface area contributed by atoms with Crippen molar-refractivity contribution in [3.8, 4) is 5.75 Å². The van der Waals surface area contributed by atoms with Crippen molar-refractivity contribution >= 4 is 46.2 Å². The topological polar surface area (TPSA) is 118 Å². The zero-order valence-electron chi connectivity index (χ0n) is 21.9. The lowest BCUT2D eigenvalue weighted by Crippen LogP contribution is -2.43. The first-order valence-corrected chi connectivity index (χ1v) is 13.0. The summed E-state index contributed by atoms with van der Waals surface area (Å²) in [5.74, 6) is 0.428. The minimum Gasteiger partial charge on any atom is -0.497 e. The molecule has 2 aromatic carbocycles. The number of aliphatic carboxylic acids is 1. The highest BCUT2D eigenvalue weighted by molar-refractivity contribution is 7.98. The summed E-state index contributed by atoms with van der Waals surface area (Å²) in [5, 5.41) is 12.1. The SMILES string of the molecule is COc1ccc(N(C)c2cc(=O)oc3ccccc23)cc1.CSCC[C@H](NC(=O)OC(C)(C)C)C(=O)O. The number of benzene rings is 2. The minimum absolute atomic E-state index is 0.357. The van der Waals surface area contributed by atoms with Crippen LogP contribution in [0.5, 0.6) is 5.75 Å². The summed E-state index contributed by atoms with van der Waals surface area (Å²) in [4.78, 5) is 35.8. The maximum Gasteiger partial charge on any atom is 0.408 e. The molecule has 200 valence electrons. The molecule has 1 aromatic heterocycles. The van der Waals surface area contributed by atoms with Crippen molar-refractivity contribution in [2.45, 2.75) is 38.8 Å². The molecule has 0 aliphatic rings. The first kappa shape index (κ1) is 29.6. The smallest absolute Gasteiger partial charge is 0.408 e. The van der Waals surface area contributed by atoms with Gasteiger partial charge in [-0.25, -0.2) is 14.4 Å². The van der Waals surface area contributed by atoms with Gasteiger partial charge in [-0.15, -0.1) is 0 Å². The monoisotopic (exact) mass is 530 g/mol. The molecule has 0 saturated carbocycles. The van der Waals surface area contributed by atoms with Gasteiger partial charge in [-0.2, -0.15) is 11.8 Å². The van der Waals surface area contributed by atoms with Gasteiger partial charge in [0.15, 0.2) is 0 Å². The standard InChI is InChI=1S/C17H15NO3.C10H19NO4S/c1-18(12-7-9-13(20-2)10-8-12)15-11-17(19)21-16-6-4-3-5-14(15)16;1-10(2,3)15-9(14)11-7(8(12)13)5-6-16-4/h3-11H,1-2H3;7H,5-6H2,1-4H3,(H,11,14)(H,12,13)/t;7-/m.0/s1. The molecule has 0 radical (unpaired) electrons. The number of nitrogens with one attached hydrogen (secondary N) is 1. The second kappa shape index (κ2) is 13.6. The highest BCUT2D eigenvalue weighted by Crippen LogP contribution is 2.30. The van der Waals surface area contributed by atoms with Gasteiger partial charge in [0.1, 0.15) is 23.0 Å². The summed E-state index contributed by atoms with van der Waals surface area (Å²) in [6.07, 6.45) is 1.57. The van der Waals surface area contributed by atoms with E-state index in [-0.39, 0.29) is 5.63 Å². The summed E-state index contributed by atoms with van der Waals surface area (Å²) in [7, 11) is 3.55. The molecule has 3 aromatic rings. The normalized spacial score (nSPS) is 11.6. The van der Waals surface area contributed by atoms with Crippen molar-refractivity contribution in [1.29, 1.82) is 0 Å². The van der Waals surface area contributed by atoms with E-state index in [4.69, 9.17) is 19.0 Å². The molecule has 2 N–H and O–H groups in total. The zero-order chi connectivity index (χ0) is 27.6. The third-order valence-corrected chi connectivity index (χ3v) is 5.69. The fourth-order valence-corrected chi connectivity index (χ4v) is 3.73. The van der Waals surface area contributed by atoms with Gasteiger partial charge in [0.05, 0.1) is 12.8 Å². The Kier molecular flexibility index (Phi) is 10.9. The van der Waals surface area contributed by atoms with Crippen LogP contribution in [-0.2, 0) is 9.53 Å². The third-order valence-electron chi connectivity index (χ3n) is 5.05. The van der Waals surface area contributed by atoms with E-state index in [1.807, 2.05) is 60.7 Å². The van der Waals surface area contributed by atoms with Gasteiger partial charge in [0.2, 0.25) is 0 Å². The van der Waals surface area contributed by atoms with E-state index in [0.29, 0.717) is 17.8 Å². The Morgan fingerprint density at radius 3 is 2.35 bits per heavy atom. The van der Waals surface area contributed by atoms with E-state index in [2.05, 4.69) is 5.32 Å². The van der Waals surface area contributed by atoms with Crippen molar-refractivity contribution in [2.75, 3.05) is 31.1 Å². The molecule has 0 fully saturated rings. The van der Waals surface area contributed by atoms with Crippen LogP contribution in [-0.4, -0.2) is 55.0 Å². The first-order chi connectivity index (χ1) is 17.4. The number of nitrogens with zero attached hydrogens (tertiary/aromatic N) is 1. The Labute approximate surface area is 220 Å². The predicted molar refractivity (Wildman–Crippen MR) is 147 cm³/mol. The van der Waals surface area contributed by atoms with Crippen LogP contribution in [0, 0.1) is 0 Å². The number of ether oxygens (including phenoxy) is 2. The second-order valence-electron chi connectivity index (χ2n) is 9.02. The highest BCUT2D eigenvalue weighted by atomic mass is 32.2. The van der Waals surface area contributed by atoms with E-state index in [1.165, 1.54) is 17.8 Å². The average molecular weight is 531 g/mol. The zero-order valence-corrected chi connectivity index (χ0v) is 22.8. The van der Waals surface area contributed by atoms with Crippen molar-refractivity contribution in [1.82, 2.24) is 5.32 Å². The van der Waals surface area contributed by atoms with E-state index in [0.717, 1.165) is 22.5 Å². The molecule has 3 rings (SSSR count). The minimum atomic E-state index is -1.04. The molecule has 10 heteroatoms. The highest BCUT2D eigenvalue weighted by Gasteiger charge is 2.23. The number of methoxy groups -OCH3 is 1. The number of carbonyl (C=O) groups excluding carboxylic acids is 1. The van der Waals surface area contributed by atoms with Crippen LogP contribution < -0.4 is 20.6 Å². The Bertz CT molecular complexity index is 1240. The van der Waals surface area contributed by atoms with Crippen LogP contribution in [0.25, 0.3) is 11.0 Å². The van der Waals surface area contributed by atoms with Gasteiger partial charge < -0.3 is 29.2 Å². The lowest BCUT2D eigenvalue weighted by atomic mass is 10.1. The number of carboxylic acids is 1. The molecule has 0 aliphatic carbocycles. The second-order valence-corrected chi connectivity index (χ2v) is 10.0. The molecule has 1 amide bonds. The molecule has 0 bridgehead atoms. The Hall–Kier alpha value is -3.66. The third kappa shape index (κ3) is 9.38. The lowest BCUT2D eigenvalue weighted by Gasteiger charge is -2.21. The van der Waals surface area contributed by atoms with Crippen LogP contribution in [0.4, 0.5) is 16.2 Å². The fourth-order valence-electron chi connectivity index (χ4n) is 3.26. The van der Waals surface area contributed by atoms with Gasteiger partial charge in [-0.05, 0) is 75.6 Å². The summed E-state index contributed by atoms with van der Waals surface area (Å²) in [6.45, 7) is 5.18. The van der Waals surface area contributed by atoms with Gasteiger partial charge in [0, 0.05) is 24.2 Å². The van der Waals surface area contributed by atoms with Crippen LogP contribution in [0.15, 0.2) is 63.8 Å². The summed E-state index contributed by atoms with van der Waals surface area (Å²) in [5.41, 5.74) is 1.38. The number of thioether (sulfide) groups is 1. The number of rotatable bonds is 8. The molecule has 1 heterocycles. The molecule has 0 aliphatic heterocycles. The van der Waals surface area contributed by atoms with Crippen LogP contribution in [0.3, 0.4) is 0 Å². The van der Waals surface area contributed by atoms with Crippen molar-refractivity contribution in [3.05, 3.63) is 65.0 Å². The van der Waals surface area contributed by atoms with Crippen molar-refractivity contribution in [3.63, 3.8) is 0 Å². The Morgan fingerprint density at radius 2 is 1.78 bits per heavy atom. The maximum atomic E-state index is 11.7. The molecule has 0 unspecified atom stereocenters. The molecular formula is C27H34N2O7S. The van der Waals surface area contributed by atoms with Gasteiger partial charge in [0.25, 0.3) is 0 Å². The number of carboxylic acid groups (broad SMARTS) is 1. The molecule has 0 saturated heterocycles. The Balaban J connectivity index is 0.000000273. The van der Waals surface area contributed by atoms with Gasteiger partial charge in [-0.1, -0.05) is 12.1 Å². The number of anilines is 2. The summed E-state index contributed by atoms with van der Waals surface area (Å²) < 4.78 is 15.4. The summed E-state index contributed by atoms with van der Waals surface area (Å²) >= 11 is 1.53. The van der Waals surface area contributed by atoms with E-state index in [1.54, 1.807) is 33.9 Å². The molecular weight excluding hydrogens is 496 g/mol. The van der Waals surface area contributed by atoms with Gasteiger partial charge >= 0.3 is 17.7 Å². The molecule has 1 atom stereocenters. The average Bonchev–Trinajstić information content (AvgIpc) is 2.84. The Morgan fingerprint density at radius 1 is 1.14 bits per heavy atom. The predicted octanol–water partition coefficient (Wildman–Crippen LogP) is 5.29. The van der Waals surface area contributed by atoms with E-state index in [9.17, 15) is 14.4 Å². The van der Waals surface area contributed by atoms with Crippen LogP contribution in [0.1, 0.15) is 27.2 Å². The largest absolute Gasteiger partial charge is 0.497 e. The number of para-hydroxylation sites is 1. The number of amides is 1. The van der Waals surface area contributed by atoms with Gasteiger partial charge in [-0.3, -0.25) is 0 Å². The fraction of sp³-hybridized carbons (Fsp3) is 0.370. The maximum absolute atomic E-state index is 11.7. The number of alkyl carbamates (subject to hydrolysis) is 1. The quantitative estimate of drug-likeness (QED) is 0.375. The molecule has 9 nitrogen and oxygen atoms in total. The van der Waals surface area contributed by atoms with Crippen LogP contribution >= 0.6 is 11.8 Å². The summed E-state index contributed by atoms with van der Waals surface area (Å²) in [6, 6.07) is 15.8. The molecule has 0 spiro atoms. The molecule has 37 heavy (non-hydrogen) atoms. The number of hydrogen-bond donors (Lipinski definition) is 2. The van der Waals surface area contributed by atoms with Crippen molar-refractivity contribution in [2.24, 2.45) is 0 Å².